The molecule has 126 valence electrons. The van der Waals surface area contributed by atoms with Crippen LogP contribution in [-0.4, -0.2) is 61.3 Å². The molecule has 1 saturated heterocycles. The summed E-state index contributed by atoms with van der Waals surface area (Å²) in [5.74, 6) is 0.0351. The summed E-state index contributed by atoms with van der Waals surface area (Å²) in [5, 5.41) is 6.44. The van der Waals surface area contributed by atoms with Crippen LogP contribution < -0.4 is 10.6 Å². The summed E-state index contributed by atoms with van der Waals surface area (Å²) < 4.78 is 5.41. The Balaban J connectivity index is 1.66. The molecule has 1 fully saturated rings. The second-order valence-corrected chi connectivity index (χ2v) is 6.05. The number of nitrogens with zero attached hydrogens (tertiary/aromatic N) is 2. The Bertz CT molecular complexity index is 521. The fourth-order valence-corrected chi connectivity index (χ4v) is 3.03. The molecule has 1 unspecified atom stereocenters. The number of ether oxygens (including phenoxy) is 1. The van der Waals surface area contributed by atoms with E-state index < -0.39 is 0 Å². The third-order valence-corrected chi connectivity index (χ3v) is 4.35. The molecule has 0 aromatic rings. The van der Waals surface area contributed by atoms with Gasteiger partial charge in [0.15, 0.2) is 6.17 Å². The predicted octanol–water partition coefficient (Wildman–Crippen LogP) is 0.761. The minimum Gasteiger partial charge on any atom is -0.379 e. The van der Waals surface area contributed by atoms with Gasteiger partial charge in [0, 0.05) is 32.4 Å². The lowest BCUT2D eigenvalue weighted by Crippen LogP contribution is -2.49. The number of unbranched alkanes of at least 4 members (excludes halogenated alkanes) is 1. The minimum absolute atomic E-state index is 0.0351. The Morgan fingerprint density at radius 2 is 2.22 bits per heavy atom. The number of hydrogen-bond acceptors (Lipinski definition) is 5. The first-order valence-corrected chi connectivity index (χ1v) is 8.50. The van der Waals surface area contributed by atoms with Crippen LogP contribution in [0.4, 0.5) is 0 Å². The second kappa shape index (κ2) is 7.66. The molecular formula is C17H26N4O2. The molecule has 0 spiro atoms. The van der Waals surface area contributed by atoms with Crippen molar-refractivity contribution in [2.45, 2.75) is 25.9 Å². The molecule has 6 heteroatoms. The van der Waals surface area contributed by atoms with E-state index in [1.54, 1.807) is 0 Å². The number of morpholine rings is 1. The van der Waals surface area contributed by atoms with E-state index in [0.29, 0.717) is 0 Å². The smallest absolute Gasteiger partial charge is 0.263 e. The van der Waals surface area contributed by atoms with Gasteiger partial charge in [-0.3, -0.25) is 9.69 Å². The number of amides is 1. The maximum absolute atomic E-state index is 12.5. The van der Waals surface area contributed by atoms with Crippen molar-refractivity contribution in [3.8, 4) is 0 Å². The highest BCUT2D eigenvalue weighted by molar-refractivity contribution is 5.83. The standard InChI is InChI=1S/C17H26N4O2/c1-2-3-7-18-17(22)16-19-14(13-20-9-11-23-12-10-20)15-6-4-5-8-21(15)16/h4-6,8,16,19H,2-3,7,9-13H2,1H3,(H,18,22). The highest BCUT2D eigenvalue weighted by Crippen LogP contribution is 2.25. The molecule has 0 aromatic carbocycles. The van der Waals surface area contributed by atoms with Crippen molar-refractivity contribution in [3.05, 3.63) is 35.8 Å². The Labute approximate surface area is 137 Å². The molecule has 0 radical (unpaired) electrons. The maximum Gasteiger partial charge on any atom is 0.263 e. The number of allylic oxidation sites excluding steroid dienone is 3. The Kier molecular flexibility index (Phi) is 5.35. The lowest BCUT2D eigenvalue weighted by atomic mass is 10.2. The van der Waals surface area contributed by atoms with Gasteiger partial charge in [0.05, 0.1) is 24.6 Å². The Morgan fingerprint density at radius 1 is 1.39 bits per heavy atom. The highest BCUT2D eigenvalue weighted by Gasteiger charge is 2.34. The van der Waals surface area contributed by atoms with Crippen molar-refractivity contribution in [1.29, 1.82) is 0 Å². The molecule has 1 amide bonds. The minimum atomic E-state index is -0.348. The van der Waals surface area contributed by atoms with Gasteiger partial charge in [-0.2, -0.15) is 0 Å². The molecule has 3 heterocycles. The van der Waals surface area contributed by atoms with Crippen molar-refractivity contribution in [3.63, 3.8) is 0 Å². The van der Waals surface area contributed by atoms with Crippen LogP contribution in [0.15, 0.2) is 35.8 Å². The zero-order chi connectivity index (χ0) is 16.1. The van der Waals surface area contributed by atoms with Crippen LogP contribution in [0.3, 0.4) is 0 Å². The van der Waals surface area contributed by atoms with E-state index in [-0.39, 0.29) is 12.1 Å². The zero-order valence-electron chi connectivity index (χ0n) is 13.8. The summed E-state index contributed by atoms with van der Waals surface area (Å²) in [6.07, 6.45) is 9.77. The molecule has 23 heavy (non-hydrogen) atoms. The number of carbonyl (C=O) groups excluding carboxylic acids is 1. The molecule has 0 saturated carbocycles. The first-order valence-electron chi connectivity index (χ1n) is 8.50. The quantitative estimate of drug-likeness (QED) is 0.708. The van der Waals surface area contributed by atoms with Gasteiger partial charge in [-0.15, -0.1) is 0 Å². The van der Waals surface area contributed by atoms with E-state index in [1.807, 2.05) is 23.3 Å². The summed E-state index contributed by atoms with van der Waals surface area (Å²) in [5.41, 5.74) is 2.21. The van der Waals surface area contributed by atoms with Gasteiger partial charge >= 0.3 is 0 Å². The van der Waals surface area contributed by atoms with Crippen LogP contribution in [0.2, 0.25) is 0 Å². The van der Waals surface area contributed by atoms with Gasteiger partial charge in [0.2, 0.25) is 0 Å². The average molecular weight is 318 g/mol. The first-order chi connectivity index (χ1) is 11.3. The van der Waals surface area contributed by atoms with E-state index in [1.165, 1.54) is 0 Å². The molecular weight excluding hydrogens is 292 g/mol. The summed E-state index contributed by atoms with van der Waals surface area (Å²) in [6.45, 7) is 7.11. The van der Waals surface area contributed by atoms with Crippen molar-refractivity contribution >= 4 is 5.91 Å². The number of rotatable bonds is 6. The van der Waals surface area contributed by atoms with Crippen molar-refractivity contribution in [2.24, 2.45) is 0 Å². The second-order valence-electron chi connectivity index (χ2n) is 6.05. The molecule has 2 N–H and O–H groups in total. The van der Waals surface area contributed by atoms with Crippen molar-refractivity contribution < 1.29 is 9.53 Å². The molecule has 3 aliphatic heterocycles. The highest BCUT2D eigenvalue weighted by atomic mass is 16.5. The molecule has 3 aliphatic rings. The van der Waals surface area contributed by atoms with Gasteiger partial charge in [0.1, 0.15) is 0 Å². The Morgan fingerprint density at radius 3 is 3.00 bits per heavy atom. The zero-order valence-corrected chi connectivity index (χ0v) is 13.8. The molecule has 6 nitrogen and oxygen atoms in total. The molecule has 1 atom stereocenters. The van der Waals surface area contributed by atoms with E-state index in [0.717, 1.165) is 63.6 Å². The van der Waals surface area contributed by atoms with E-state index >= 15 is 0 Å². The van der Waals surface area contributed by atoms with E-state index in [4.69, 9.17) is 4.74 Å². The van der Waals surface area contributed by atoms with Crippen LogP contribution in [-0.2, 0) is 9.53 Å². The molecule has 3 rings (SSSR count). The van der Waals surface area contributed by atoms with E-state index in [9.17, 15) is 4.79 Å². The summed E-state index contributed by atoms with van der Waals surface area (Å²) in [7, 11) is 0. The van der Waals surface area contributed by atoms with Crippen molar-refractivity contribution in [1.82, 2.24) is 20.4 Å². The van der Waals surface area contributed by atoms with Crippen LogP contribution in [0, 0.1) is 0 Å². The summed E-state index contributed by atoms with van der Waals surface area (Å²) in [6, 6.07) is 0. The molecule has 0 aliphatic carbocycles. The topological polar surface area (TPSA) is 56.8 Å². The Hall–Kier alpha value is -1.79. The lowest BCUT2D eigenvalue weighted by molar-refractivity contribution is -0.125. The van der Waals surface area contributed by atoms with Crippen molar-refractivity contribution in [2.75, 3.05) is 39.4 Å². The fraction of sp³-hybridized carbons (Fsp3) is 0.588. The van der Waals surface area contributed by atoms with Crippen LogP contribution in [0.25, 0.3) is 0 Å². The van der Waals surface area contributed by atoms with Gasteiger partial charge in [-0.25, -0.2) is 0 Å². The monoisotopic (exact) mass is 318 g/mol. The third-order valence-electron chi connectivity index (χ3n) is 4.35. The normalized spacial score (nSPS) is 23.9. The number of nitrogens with one attached hydrogen (secondary N) is 2. The van der Waals surface area contributed by atoms with Gasteiger partial charge < -0.3 is 20.3 Å². The van der Waals surface area contributed by atoms with Gasteiger partial charge in [-0.1, -0.05) is 19.4 Å². The van der Waals surface area contributed by atoms with E-state index in [2.05, 4.69) is 28.5 Å². The van der Waals surface area contributed by atoms with Crippen LogP contribution in [0.5, 0.6) is 0 Å². The maximum atomic E-state index is 12.5. The van der Waals surface area contributed by atoms with Crippen LogP contribution >= 0.6 is 0 Å². The number of carbonyl (C=O) groups is 1. The number of hydrogen-bond donors (Lipinski definition) is 2. The first kappa shape index (κ1) is 16.1. The third kappa shape index (κ3) is 3.76. The SMILES string of the molecule is CCCCNC(=O)C1NC(CN2CCOCC2)=C2C=CC=CN21. The van der Waals surface area contributed by atoms with Gasteiger partial charge in [-0.05, 0) is 18.6 Å². The summed E-state index contributed by atoms with van der Waals surface area (Å²) >= 11 is 0. The number of fused-ring (bicyclic) bond motifs is 1. The lowest BCUT2D eigenvalue weighted by Gasteiger charge is -2.27. The molecule has 0 aromatic heterocycles. The average Bonchev–Trinajstić information content (AvgIpc) is 2.95. The fourth-order valence-electron chi connectivity index (χ4n) is 3.03. The van der Waals surface area contributed by atoms with Crippen LogP contribution in [0.1, 0.15) is 19.8 Å². The largest absolute Gasteiger partial charge is 0.379 e. The predicted molar refractivity (Wildman–Crippen MR) is 89.2 cm³/mol. The summed E-state index contributed by atoms with van der Waals surface area (Å²) in [4.78, 5) is 16.9. The van der Waals surface area contributed by atoms with Gasteiger partial charge in [0.25, 0.3) is 5.91 Å². The molecule has 0 bridgehead atoms.